The van der Waals surface area contributed by atoms with Crippen molar-refractivity contribution in [1.82, 2.24) is 15.6 Å². The maximum absolute atomic E-state index is 12.2. The quantitative estimate of drug-likeness (QED) is 0.580. The lowest BCUT2D eigenvalue weighted by Gasteiger charge is -2.30. The van der Waals surface area contributed by atoms with Gasteiger partial charge in [-0.2, -0.15) is 0 Å². The Labute approximate surface area is 168 Å². The molecule has 0 unspecified atom stereocenters. The first-order valence-corrected chi connectivity index (χ1v) is 9.53. The highest BCUT2D eigenvalue weighted by Crippen LogP contribution is 2.31. The van der Waals surface area contributed by atoms with E-state index < -0.39 is 12.1 Å². The third-order valence-corrected chi connectivity index (χ3v) is 5.15. The molecule has 2 heterocycles. The first-order chi connectivity index (χ1) is 14.2. The van der Waals surface area contributed by atoms with Crippen LogP contribution in [0.25, 0.3) is 10.9 Å². The third-order valence-electron chi connectivity index (χ3n) is 5.15. The number of hydrogen-bond acceptors (Lipinski definition) is 5. The summed E-state index contributed by atoms with van der Waals surface area (Å²) in [6.07, 6.45) is 0.0227. The molecule has 0 bridgehead atoms. The molecule has 0 saturated carbocycles. The predicted octanol–water partition coefficient (Wildman–Crippen LogP) is 2.82. The van der Waals surface area contributed by atoms with Gasteiger partial charge in [0.15, 0.2) is 0 Å². The molecule has 4 rings (SSSR count). The summed E-state index contributed by atoms with van der Waals surface area (Å²) >= 11 is 0. The predicted molar refractivity (Wildman–Crippen MR) is 108 cm³/mol. The lowest BCUT2D eigenvalue weighted by molar-refractivity contribution is -0.143. The molecule has 0 radical (unpaired) electrons. The Morgan fingerprint density at radius 3 is 2.66 bits per heavy atom. The van der Waals surface area contributed by atoms with Gasteiger partial charge in [0, 0.05) is 29.6 Å². The van der Waals surface area contributed by atoms with E-state index in [9.17, 15) is 9.59 Å². The second-order valence-corrected chi connectivity index (χ2v) is 7.00. The number of alkyl carbamates (subject to hydrolysis) is 1. The van der Waals surface area contributed by atoms with Crippen molar-refractivity contribution < 1.29 is 19.1 Å². The number of methoxy groups -OCH3 is 1. The van der Waals surface area contributed by atoms with E-state index in [2.05, 4.69) is 15.6 Å². The lowest BCUT2D eigenvalue weighted by atomic mass is 9.94. The highest BCUT2D eigenvalue weighted by Gasteiger charge is 2.33. The van der Waals surface area contributed by atoms with Crippen molar-refractivity contribution in [2.24, 2.45) is 0 Å². The van der Waals surface area contributed by atoms with E-state index in [0.29, 0.717) is 6.42 Å². The molecule has 2 atom stereocenters. The van der Waals surface area contributed by atoms with Crippen LogP contribution in [0.5, 0.6) is 0 Å². The normalized spacial score (nSPS) is 18.1. The van der Waals surface area contributed by atoms with Crippen molar-refractivity contribution in [3.05, 3.63) is 71.4 Å². The Morgan fingerprint density at radius 1 is 1.10 bits per heavy atom. The largest absolute Gasteiger partial charge is 0.468 e. The fraction of sp³-hybridized carbons (Fsp3) is 0.273. The highest BCUT2D eigenvalue weighted by molar-refractivity contribution is 5.87. The van der Waals surface area contributed by atoms with Crippen molar-refractivity contribution in [1.29, 1.82) is 0 Å². The summed E-state index contributed by atoms with van der Waals surface area (Å²) in [6, 6.07) is 16.7. The number of benzene rings is 2. The highest BCUT2D eigenvalue weighted by atomic mass is 16.5. The first kappa shape index (κ1) is 19.0. The molecule has 1 aliphatic heterocycles. The number of carbonyl (C=O) groups excluding carboxylic acids is 2. The molecule has 0 aliphatic carbocycles. The van der Waals surface area contributed by atoms with Crippen molar-refractivity contribution >= 4 is 23.0 Å². The average Bonchev–Trinajstić information content (AvgIpc) is 3.15. The number of para-hydroxylation sites is 1. The summed E-state index contributed by atoms with van der Waals surface area (Å²) in [7, 11) is 1.38. The molecule has 7 heteroatoms. The van der Waals surface area contributed by atoms with Crippen LogP contribution in [-0.2, 0) is 27.3 Å². The monoisotopic (exact) mass is 393 g/mol. The zero-order valence-corrected chi connectivity index (χ0v) is 16.1. The minimum absolute atomic E-state index is 0.202. The van der Waals surface area contributed by atoms with E-state index in [1.54, 1.807) is 0 Å². The number of aromatic amines is 1. The molecule has 3 aromatic rings. The molecule has 1 aromatic heterocycles. The van der Waals surface area contributed by atoms with Crippen molar-refractivity contribution in [3.63, 3.8) is 0 Å². The lowest BCUT2D eigenvalue weighted by Crippen LogP contribution is -2.48. The van der Waals surface area contributed by atoms with Gasteiger partial charge in [-0.05, 0) is 17.2 Å². The molecular weight excluding hydrogens is 370 g/mol. The summed E-state index contributed by atoms with van der Waals surface area (Å²) < 4.78 is 10.2. The molecule has 0 saturated heterocycles. The fourth-order valence-electron chi connectivity index (χ4n) is 3.74. The molecule has 1 aliphatic rings. The van der Waals surface area contributed by atoms with Crippen molar-refractivity contribution in [3.8, 4) is 0 Å². The van der Waals surface area contributed by atoms with Gasteiger partial charge in [-0.3, -0.25) is 10.1 Å². The Kier molecular flexibility index (Phi) is 5.48. The number of H-pyrrole nitrogens is 1. The Bertz CT molecular complexity index is 1020. The Hall–Kier alpha value is -3.32. The van der Waals surface area contributed by atoms with Gasteiger partial charge in [0.2, 0.25) is 0 Å². The molecule has 2 aromatic carbocycles. The molecular formula is C22H23N3O4. The molecule has 0 fully saturated rings. The third kappa shape index (κ3) is 4.09. The molecule has 1 amide bonds. The molecule has 7 nitrogen and oxygen atoms in total. The van der Waals surface area contributed by atoms with Gasteiger partial charge < -0.3 is 19.8 Å². The molecule has 29 heavy (non-hydrogen) atoms. The number of rotatable bonds is 5. The van der Waals surface area contributed by atoms with Crippen LogP contribution in [0.3, 0.4) is 0 Å². The Morgan fingerprint density at radius 2 is 1.86 bits per heavy atom. The molecule has 3 N–H and O–H groups in total. The van der Waals surface area contributed by atoms with Crippen LogP contribution >= 0.6 is 0 Å². The second kappa shape index (κ2) is 8.36. The molecule has 0 spiro atoms. The van der Waals surface area contributed by atoms with Gasteiger partial charge in [-0.15, -0.1) is 0 Å². The fourth-order valence-corrected chi connectivity index (χ4v) is 3.74. The number of fused-ring (bicyclic) bond motifs is 3. The summed E-state index contributed by atoms with van der Waals surface area (Å²) in [6.45, 7) is 0.480. The number of carbonyl (C=O) groups is 2. The van der Waals surface area contributed by atoms with E-state index in [-0.39, 0.29) is 25.2 Å². The van der Waals surface area contributed by atoms with Gasteiger partial charge in [-0.1, -0.05) is 48.5 Å². The number of aromatic nitrogens is 1. The van der Waals surface area contributed by atoms with Crippen LogP contribution in [0.1, 0.15) is 22.9 Å². The van der Waals surface area contributed by atoms with E-state index in [1.165, 1.54) is 7.11 Å². The van der Waals surface area contributed by atoms with Crippen LogP contribution in [0, 0.1) is 0 Å². The summed E-state index contributed by atoms with van der Waals surface area (Å²) in [5, 5.41) is 7.14. The van der Waals surface area contributed by atoms with E-state index in [4.69, 9.17) is 9.47 Å². The van der Waals surface area contributed by atoms with E-state index in [1.807, 2.05) is 54.6 Å². The van der Waals surface area contributed by atoms with Crippen LogP contribution in [-0.4, -0.2) is 36.7 Å². The number of ether oxygens (including phenoxy) is 2. The van der Waals surface area contributed by atoms with Gasteiger partial charge >= 0.3 is 12.1 Å². The maximum Gasteiger partial charge on any atom is 0.407 e. The average molecular weight is 393 g/mol. The van der Waals surface area contributed by atoms with Gasteiger partial charge in [0.1, 0.15) is 12.6 Å². The van der Waals surface area contributed by atoms with Gasteiger partial charge in [0.05, 0.1) is 13.2 Å². The minimum atomic E-state index is -0.506. The standard InChI is InChI=1S/C22H23N3O4/c1-28-21(26)18-11-16-15-9-5-6-10-17(15)25-20(16)19(24-18)12-23-22(27)29-13-14-7-3-2-4-8-14/h2-10,18-19,24-25H,11-13H2,1H3,(H,23,27)/t18-,19-/m0/s1. The van der Waals surface area contributed by atoms with Crippen LogP contribution in [0.15, 0.2) is 54.6 Å². The van der Waals surface area contributed by atoms with E-state index in [0.717, 1.165) is 27.7 Å². The zero-order chi connectivity index (χ0) is 20.2. The number of esters is 1. The van der Waals surface area contributed by atoms with Gasteiger partial charge in [-0.25, -0.2) is 4.79 Å². The first-order valence-electron chi connectivity index (χ1n) is 9.53. The minimum Gasteiger partial charge on any atom is -0.468 e. The van der Waals surface area contributed by atoms with Gasteiger partial charge in [0.25, 0.3) is 0 Å². The number of nitrogens with one attached hydrogen (secondary N) is 3. The van der Waals surface area contributed by atoms with Crippen LogP contribution in [0.2, 0.25) is 0 Å². The number of hydrogen-bond donors (Lipinski definition) is 3. The van der Waals surface area contributed by atoms with Crippen LogP contribution in [0.4, 0.5) is 4.79 Å². The summed E-state index contributed by atoms with van der Waals surface area (Å²) in [5.41, 5.74) is 3.96. The second-order valence-electron chi connectivity index (χ2n) is 7.00. The van der Waals surface area contributed by atoms with Crippen molar-refractivity contribution in [2.75, 3.05) is 13.7 Å². The summed E-state index contributed by atoms with van der Waals surface area (Å²) in [5.74, 6) is -0.322. The maximum atomic E-state index is 12.2. The smallest absolute Gasteiger partial charge is 0.407 e. The SMILES string of the molecule is COC(=O)[C@@H]1Cc2c([nH]c3ccccc23)[C@H](CNC(=O)OCc2ccccc2)N1. The molecule has 150 valence electrons. The van der Waals surface area contributed by atoms with Crippen molar-refractivity contribution in [2.45, 2.75) is 25.1 Å². The Balaban J connectivity index is 1.47. The van der Waals surface area contributed by atoms with Crippen LogP contribution < -0.4 is 10.6 Å². The zero-order valence-electron chi connectivity index (χ0n) is 16.1. The number of amides is 1. The topological polar surface area (TPSA) is 92.5 Å². The van der Waals surface area contributed by atoms with E-state index >= 15 is 0 Å². The summed E-state index contributed by atoms with van der Waals surface area (Å²) in [4.78, 5) is 27.7.